The van der Waals surface area contributed by atoms with Crippen LogP contribution in [0.3, 0.4) is 0 Å². The summed E-state index contributed by atoms with van der Waals surface area (Å²) in [5, 5.41) is 8.22. The molecule has 0 spiro atoms. The van der Waals surface area contributed by atoms with E-state index in [0.717, 1.165) is 11.1 Å². The normalized spacial score (nSPS) is 11.8. The predicted molar refractivity (Wildman–Crippen MR) is 188 cm³/mol. The summed E-state index contributed by atoms with van der Waals surface area (Å²) in [5.74, 6) is -1.91. The van der Waals surface area contributed by atoms with Crippen LogP contribution in [0, 0.1) is 13.8 Å². The number of Topliss-reactive ketones (excluding diaryl/α,β-unsaturated/α-hetero) is 2. The Morgan fingerprint density at radius 3 is 1.96 bits per heavy atom. The Morgan fingerprint density at radius 2 is 1.32 bits per heavy atom. The van der Waals surface area contributed by atoms with Crippen molar-refractivity contribution in [2.45, 2.75) is 84.4 Å². The quantitative estimate of drug-likeness (QED) is 0.110. The number of benzene rings is 3. The molecule has 3 N–H and O–H groups in total. The lowest BCUT2D eigenvalue weighted by atomic mass is 10.0. The third-order valence-electron chi connectivity index (χ3n) is 8.01. The molecule has 11 heteroatoms. The highest BCUT2D eigenvalue weighted by Gasteiger charge is 2.28. The Balaban J connectivity index is 1.68. The van der Waals surface area contributed by atoms with Gasteiger partial charge in [-0.05, 0) is 68.7 Å². The van der Waals surface area contributed by atoms with Crippen molar-refractivity contribution in [2.75, 3.05) is 13.2 Å². The van der Waals surface area contributed by atoms with E-state index in [1.54, 1.807) is 26.0 Å². The molecular weight excluding hydrogens is 638 g/mol. The molecule has 0 aromatic heterocycles. The molecular formula is C39H47N3O8. The Morgan fingerprint density at radius 1 is 0.680 bits per heavy atom. The van der Waals surface area contributed by atoms with E-state index < -0.39 is 42.4 Å². The summed E-state index contributed by atoms with van der Waals surface area (Å²) < 4.78 is 10.8. The van der Waals surface area contributed by atoms with Crippen molar-refractivity contribution in [1.29, 1.82) is 0 Å². The van der Waals surface area contributed by atoms with E-state index in [1.807, 2.05) is 66.7 Å². The van der Waals surface area contributed by atoms with Gasteiger partial charge in [0.1, 0.15) is 18.4 Å². The van der Waals surface area contributed by atoms with E-state index in [9.17, 15) is 28.8 Å². The first-order valence-electron chi connectivity index (χ1n) is 16.9. The summed E-state index contributed by atoms with van der Waals surface area (Å²) >= 11 is 0. The molecule has 3 aromatic carbocycles. The minimum absolute atomic E-state index is 0.00641. The van der Waals surface area contributed by atoms with E-state index in [4.69, 9.17) is 9.47 Å². The summed E-state index contributed by atoms with van der Waals surface area (Å²) in [6, 6.07) is 21.5. The number of hydrogen-bond acceptors (Lipinski definition) is 8. The molecule has 0 aliphatic carbocycles. The summed E-state index contributed by atoms with van der Waals surface area (Å²) in [6.07, 6.45) is 1.55. The molecule has 0 aliphatic heterocycles. The second kappa shape index (κ2) is 20.9. The van der Waals surface area contributed by atoms with Gasteiger partial charge in [0.25, 0.3) is 0 Å². The highest BCUT2D eigenvalue weighted by atomic mass is 16.5. The molecule has 50 heavy (non-hydrogen) atoms. The van der Waals surface area contributed by atoms with E-state index in [2.05, 4.69) is 16.0 Å². The number of rotatable bonds is 20. The average Bonchev–Trinajstić information content (AvgIpc) is 3.09. The van der Waals surface area contributed by atoms with Crippen molar-refractivity contribution < 1.29 is 38.2 Å². The first-order valence-corrected chi connectivity index (χ1v) is 16.9. The maximum Gasteiger partial charge on any atom is 0.408 e. The van der Waals surface area contributed by atoms with Gasteiger partial charge in [-0.25, -0.2) is 9.59 Å². The summed E-state index contributed by atoms with van der Waals surface area (Å²) in [4.78, 5) is 76.2. The number of alkyl carbamates (subject to hydrolysis) is 1. The van der Waals surface area contributed by atoms with Gasteiger partial charge in [-0.2, -0.15) is 0 Å². The number of unbranched alkanes of at least 4 members (excludes halogenated alkanes) is 1. The van der Waals surface area contributed by atoms with Gasteiger partial charge in [-0.1, -0.05) is 78.9 Å². The zero-order chi connectivity index (χ0) is 36.3. The number of carbonyl (C=O) groups is 6. The third-order valence-corrected chi connectivity index (χ3v) is 8.01. The number of carbonyl (C=O) groups excluding carboxylic acids is 6. The van der Waals surface area contributed by atoms with Crippen LogP contribution in [-0.4, -0.2) is 60.7 Å². The number of hydrogen-bond donors (Lipinski definition) is 3. The molecule has 0 fully saturated rings. The van der Waals surface area contributed by atoms with Gasteiger partial charge in [0.2, 0.25) is 11.8 Å². The van der Waals surface area contributed by atoms with Crippen molar-refractivity contribution in [1.82, 2.24) is 16.0 Å². The maximum absolute atomic E-state index is 13.7. The van der Waals surface area contributed by atoms with E-state index in [-0.39, 0.29) is 37.6 Å². The summed E-state index contributed by atoms with van der Waals surface area (Å²) in [6.45, 7) is 4.83. The van der Waals surface area contributed by atoms with Gasteiger partial charge in [0, 0.05) is 25.8 Å². The molecule has 0 saturated heterocycles. The molecule has 0 unspecified atom stereocenters. The zero-order valence-electron chi connectivity index (χ0n) is 29.0. The standard InChI is InChI=1S/C39H47N3O8/c1-27-14-12-15-28(2)36(27)38(47)49-26-34(44)32(21-10-11-23-40-35(45)22-13-16-29(3)43)41-37(46)33(24-30-17-6-4-7-18-30)42-39(48)50-25-31-19-8-5-9-20-31/h4-9,12,14-15,17-20,32-33H,10-11,13,16,21-26H2,1-3H3,(H,40,45)(H,41,46)(H,42,48)/t32-,33-/m1/s1. The lowest BCUT2D eigenvalue weighted by Gasteiger charge is -2.23. The van der Waals surface area contributed by atoms with Gasteiger partial charge < -0.3 is 30.2 Å². The number of aryl methyl sites for hydroxylation is 2. The molecule has 2 atom stereocenters. The number of esters is 1. The number of amides is 3. The van der Waals surface area contributed by atoms with Crippen LogP contribution < -0.4 is 16.0 Å². The van der Waals surface area contributed by atoms with Crippen molar-refractivity contribution in [3.63, 3.8) is 0 Å². The number of nitrogens with one attached hydrogen (secondary N) is 3. The highest BCUT2D eigenvalue weighted by molar-refractivity contribution is 5.96. The van der Waals surface area contributed by atoms with Crippen LogP contribution >= 0.6 is 0 Å². The Kier molecular flexibility index (Phi) is 16.4. The van der Waals surface area contributed by atoms with Crippen molar-refractivity contribution in [3.8, 4) is 0 Å². The Labute approximate surface area is 293 Å². The lowest BCUT2D eigenvalue weighted by molar-refractivity contribution is -0.130. The second-order valence-corrected chi connectivity index (χ2v) is 12.2. The van der Waals surface area contributed by atoms with Gasteiger partial charge in [-0.3, -0.25) is 14.4 Å². The Hall–Kier alpha value is -5.32. The van der Waals surface area contributed by atoms with Gasteiger partial charge in [-0.15, -0.1) is 0 Å². The van der Waals surface area contributed by atoms with Crippen LogP contribution in [0.5, 0.6) is 0 Å². The van der Waals surface area contributed by atoms with Gasteiger partial charge >= 0.3 is 12.1 Å². The fourth-order valence-electron chi connectivity index (χ4n) is 5.29. The van der Waals surface area contributed by atoms with Crippen LogP contribution in [0.1, 0.15) is 78.1 Å². The van der Waals surface area contributed by atoms with E-state index in [0.29, 0.717) is 48.9 Å². The monoisotopic (exact) mass is 685 g/mol. The minimum atomic E-state index is -1.08. The average molecular weight is 686 g/mol. The lowest BCUT2D eigenvalue weighted by Crippen LogP contribution is -2.53. The fourth-order valence-corrected chi connectivity index (χ4v) is 5.29. The van der Waals surface area contributed by atoms with Crippen molar-refractivity contribution in [3.05, 3.63) is 107 Å². The van der Waals surface area contributed by atoms with Crippen LogP contribution in [0.2, 0.25) is 0 Å². The minimum Gasteiger partial charge on any atom is -0.454 e. The molecule has 0 aliphatic rings. The van der Waals surface area contributed by atoms with Crippen molar-refractivity contribution in [2.24, 2.45) is 0 Å². The molecule has 0 saturated carbocycles. The van der Waals surface area contributed by atoms with Crippen LogP contribution in [0.4, 0.5) is 4.79 Å². The zero-order valence-corrected chi connectivity index (χ0v) is 29.0. The van der Waals surface area contributed by atoms with Crippen molar-refractivity contribution >= 4 is 35.4 Å². The van der Waals surface area contributed by atoms with Crippen LogP contribution in [-0.2, 0) is 41.7 Å². The SMILES string of the molecule is CC(=O)CCCC(=O)NCCCC[C@@H](NC(=O)[C@@H](Cc1ccccc1)NC(=O)OCc1ccccc1)C(=O)COC(=O)c1c(C)cccc1C. The molecule has 3 amide bonds. The molecule has 11 nitrogen and oxygen atoms in total. The first-order chi connectivity index (χ1) is 24.0. The molecule has 3 aromatic rings. The molecule has 0 bridgehead atoms. The number of ketones is 2. The van der Waals surface area contributed by atoms with E-state index in [1.165, 1.54) is 6.92 Å². The number of ether oxygens (including phenoxy) is 2. The molecule has 0 radical (unpaired) electrons. The highest BCUT2D eigenvalue weighted by Crippen LogP contribution is 2.15. The topological polar surface area (TPSA) is 157 Å². The van der Waals surface area contributed by atoms with Crippen LogP contribution in [0.25, 0.3) is 0 Å². The molecule has 266 valence electrons. The van der Waals surface area contributed by atoms with Gasteiger partial charge in [0.15, 0.2) is 12.4 Å². The largest absolute Gasteiger partial charge is 0.454 e. The first kappa shape index (κ1) is 39.1. The fraction of sp³-hybridized carbons (Fsp3) is 0.385. The third kappa shape index (κ3) is 14.0. The Bertz CT molecular complexity index is 1570. The second-order valence-electron chi connectivity index (χ2n) is 12.2. The smallest absolute Gasteiger partial charge is 0.408 e. The predicted octanol–water partition coefficient (Wildman–Crippen LogP) is 5.10. The van der Waals surface area contributed by atoms with E-state index >= 15 is 0 Å². The summed E-state index contributed by atoms with van der Waals surface area (Å²) in [7, 11) is 0. The van der Waals surface area contributed by atoms with Gasteiger partial charge in [0.05, 0.1) is 11.6 Å². The summed E-state index contributed by atoms with van der Waals surface area (Å²) in [5.41, 5.74) is 3.36. The molecule has 0 heterocycles. The molecule has 3 rings (SSSR count). The maximum atomic E-state index is 13.7. The van der Waals surface area contributed by atoms with Crippen LogP contribution in [0.15, 0.2) is 78.9 Å².